The Bertz CT molecular complexity index is 911. The highest BCUT2D eigenvalue weighted by Crippen LogP contribution is 2.40. The Kier molecular flexibility index (Phi) is 5.12. The van der Waals surface area contributed by atoms with Crippen LogP contribution in [-0.2, 0) is 17.8 Å². The Labute approximate surface area is 168 Å². The predicted molar refractivity (Wildman–Crippen MR) is 106 cm³/mol. The number of nitrogens with zero attached hydrogens (tertiary/aromatic N) is 2. The molecule has 1 aromatic heterocycles. The number of hydrogen-bond acceptors (Lipinski definition) is 4. The van der Waals surface area contributed by atoms with Crippen molar-refractivity contribution >= 4 is 29.1 Å². The van der Waals surface area contributed by atoms with E-state index in [1.54, 1.807) is 12.1 Å². The summed E-state index contributed by atoms with van der Waals surface area (Å²) in [6.07, 6.45) is 2.12. The molecule has 1 atom stereocenters. The molecule has 0 radical (unpaired) electrons. The van der Waals surface area contributed by atoms with Gasteiger partial charge in [-0.1, -0.05) is 29.3 Å². The zero-order valence-corrected chi connectivity index (χ0v) is 16.6. The van der Waals surface area contributed by atoms with Crippen molar-refractivity contribution in [3.8, 4) is 11.1 Å². The highest BCUT2D eigenvalue weighted by Gasteiger charge is 2.35. The van der Waals surface area contributed by atoms with E-state index in [1.807, 2.05) is 17.9 Å². The molecule has 1 saturated heterocycles. The lowest BCUT2D eigenvalue weighted by molar-refractivity contribution is 0.0542. The molecule has 0 saturated carbocycles. The van der Waals surface area contributed by atoms with Crippen LogP contribution in [0.1, 0.15) is 40.2 Å². The first-order chi connectivity index (χ1) is 13.0. The largest absolute Gasteiger partial charge is 0.376 e. The van der Waals surface area contributed by atoms with E-state index in [1.165, 1.54) is 0 Å². The summed E-state index contributed by atoms with van der Waals surface area (Å²) in [6, 6.07) is 5.39. The first kappa shape index (κ1) is 18.7. The van der Waals surface area contributed by atoms with Crippen LogP contribution in [0, 0.1) is 6.92 Å². The number of ether oxygens (including phenoxy) is 1. The number of amides is 1. The van der Waals surface area contributed by atoms with Gasteiger partial charge in [-0.05, 0) is 43.0 Å². The summed E-state index contributed by atoms with van der Waals surface area (Å²) in [4.78, 5) is 19.4. The molecule has 2 aliphatic heterocycles. The molecule has 1 aromatic carbocycles. The maximum Gasteiger partial charge on any atom is 0.273 e. The molecule has 142 valence electrons. The molecule has 2 aromatic rings. The molecule has 2 aliphatic rings. The number of benzene rings is 1. The van der Waals surface area contributed by atoms with Gasteiger partial charge in [0.1, 0.15) is 5.69 Å². The highest BCUT2D eigenvalue weighted by atomic mass is 35.5. The van der Waals surface area contributed by atoms with E-state index >= 15 is 0 Å². The van der Waals surface area contributed by atoms with E-state index in [4.69, 9.17) is 33.7 Å². The quantitative estimate of drug-likeness (QED) is 0.835. The van der Waals surface area contributed by atoms with Gasteiger partial charge in [-0.25, -0.2) is 4.98 Å². The number of nitrogens with two attached hydrogens (primary N) is 1. The van der Waals surface area contributed by atoms with Crippen LogP contribution in [0.2, 0.25) is 10.0 Å². The first-order valence-electron chi connectivity index (χ1n) is 9.08. The Morgan fingerprint density at radius 2 is 2.19 bits per heavy atom. The van der Waals surface area contributed by atoms with Crippen molar-refractivity contribution in [1.82, 2.24) is 9.88 Å². The molecule has 1 fully saturated rings. The minimum atomic E-state index is -0.0569. The van der Waals surface area contributed by atoms with Crippen molar-refractivity contribution in [2.75, 3.05) is 13.2 Å². The standard InChI is InChI=1S/C20H21Cl2N3O2/c1-11-15(8-23)18(14-5-4-12(21)7-17(14)22)16-10-25(20(26)19(16)24-11)9-13-3-2-6-27-13/h4-5,7,13H,2-3,6,8-10,23H2,1H3. The minimum absolute atomic E-state index is 0.0569. The number of rotatable bonds is 4. The van der Waals surface area contributed by atoms with Crippen molar-refractivity contribution in [3.63, 3.8) is 0 Å². The highest BCUT2D eigenvalue weighted by molar-refractivity contribution is 6.36. The zero-order chi connectivity index (χ0) is 19.1. The molecule has 0 bridgehead atoms. The summed E-state index contributed by atoms with van der Waals surface area (Å²) in [5, 5.41) is 1.10. The summed E-state index contributed by atoms with van der Waals surface area (Å²) in [5.74, 6) is -0.0569. The van der Waals surface area contributed by atoms with Crippen LogP contribution >= 0.6 is 23.2 Å². The Balaban J connectivity index is 1.81. The van der Waals surface area contributed by atoms with Gasteiger partial charge in [0.25, 0.3) is 5.91 Å². The maximum absolute atomic E-state index is 13.0. The van der Waals surface area contributed by atoms with E-state index in [-0.39, 0.29) is 12.0 Å². The topological polar surface area (TPSA) is 68.4 Å². The fourth-order valence-electron chi connectivity index (χ4n) is 3.98. The van der Waals surface area contributed by atoms with Gasteiger partial charge in [0.2, 0.25) is 0 Å². The molecular formula is C20H21Cl2N3O2. The van der Waals surface area contributed by atoms with Gasteiger partial charge in [-0.15, -0.1) is 0 Å². The van der Waals surface area contributed by atoms with Crippen LogP contribution in [0.25, 0.3) is 11.1 Å². The molecule has 0 spiro atoms. The van der Waals surface area contributed by atoms with Crippen LogP contribution < -0.4 is 5.73 Å². The normalized spacial score (nSPS) is 19.0. The van der Waals surface area contributed by atoms with Crippen molar-refractivity contribution in [2.45, 2.75) is 39.0 Å². The molecule has 4 rings (SSSR count). The zero-order valence-electron chi connectivity index (χ0n) is 15.1. The van der Waals surface area contributed by atoms with Crippen LogP contribution in [0.4, 0.5) is 0 Å². The van der Waals surface area contributed by atoms with Gasteiger partial charge >= 0.3 is 0 Å². The first-order valence-corrected chi connectivity index (χ1v) is 9.84. The average molecular weight is 406 g/mol. The fraction of sp³-hybridized carbons (Fsp3) is 0.400. The van der Waals surface area contributed by atoms with E-state index in [0.29, 0.717) is 35.4 Å². The Hall–Kier alpha value is -1.66. The fourth-order valence-corrected chi connectivity index (χ4v) is 4.48. The third kappa shape index (κ3) is 3.34. The second-order valence-electron chi connectivity index (χ2n) is 7.03. The maximum atomic E-state index is 13.0. The van der Waals surface area contributed by atoms with Gasteiger partial charge in [0.05, 0.1) is 6.10 Å². The van der Waals surface area contributed by atoms with Gasteiger partial charge < -0.3 is 15.4 Å². The van der Waals surface area contributed by atoms with Gasteiger partial charge in [-0.3, -0.25) is 4.79 Å². The van der Waals surface area contributed by atoms with Crippen molar-refractivity contribution < 1.29 is 9.53 Å². The number of fused-ring (bicyclic) bond motifs is 1. The second kappa shape index (κ2) is 7.40. The second-order valence-corrected chi connectivity index (χ2v) is 7.87. The third-order valence-corrected chi connectivity index (χ3v) is 5.84. The summed E-state index contributed by atoms with van der Waals surface area (Å²) >= 11 is 12.6. The van der Waals surface area contributed by atoms with Crippen molar-refractivity contribution in [1.29, 1.82) is 0 Å². The van der Waals surface area contributed by atoms with Crippen LogP contribution in [-0.4, -0.2) is 35.0 Å². The van der Waals surface area contributed by atoms with E-state index in [2.05, 4.69) is 4.98 Å². The number of aromatic nitrogens is 1. The number of carbonyl (C=O) groups excluding carboxylic acids is 1. The van der Waals surface area contributed by atoms with Gasteiger partial charge in [-0.2, -0.15) is 0 Å². The summed E-state index contributed by atoms with van der Waals surface area (Å²) in [7, 11) is 0. The molecular weight excluding hydrogens is 385 g/mol. The van der Waals surface area contributed by atoms with Crippen LogP contribution in [0.5, 0.6) is 0 Å². The number of carbonyl (C=O) groups is 1. The lowest BCUT2D eigenvalue weighted by Gasteiger charge is -2.20. The van der Waals surface area contributed by atoms with E-state index < -0.39 is 0 Å². The number of hydrogen-bond donors (Lipinski definition) is 1. The van der Waals surface area contributed by atoms with E-state index in [0.717, 1.165) is 47.4 Å². The lowest BCUT2D eigenvalue weighted by atomic mass is 9.93. The van der Waals surface area contributed by atoms with Crippen molar-refractivity contribution in [2.24, 2.45) is 5.73 Å². The molecule has 7 heteroatoms. The molecule has 5 nitrogen and oxygen atoms in total. The molecule has 0 aliphatic carbocycles. The molecule has 1 amide bonds. The molecule has 2 N–H and O–H groups in total. The van der Waals surface area contributed by atoms with Gasteiger partial charge in [0, 0.05) is 53.1 Å². The minimum Gasteiger partial charge on any atom is -0.376 e. The van der Waals surface area contributed by atoms with Crippen LogP contribution in [0.15, 0.2) is 18.2 Å². The monoisotopic (exact) mass is 405 g/mol. The number of halogens is 2. The number of pyridine rings is 1. The predicted octanol–water partition coefficient (Wildman–Crippen LogP) is 3.96. The number of aryl methyl sites for hydroxylation is 1. The lowest BCUT2D eigenvalue weighted by Crippen LogP contribution is -2.32. The molecule has 3 heterocycles. The Morgan fingerprint density at radius 1 is 1.37 bits per heavy atom. The summed E-state index contributed by atoms with van der Waals surface area (Å²) < 4.78 is 5.71. The third-order valence-electron chi connectivity index (χ3n) is 5.30. The summed E-state index contributed by atoms with van der Waals surface area (Å²) in [6.45, 7) is 4.04. The Morgan fingerprint density at radius 3 is 2.85 bits per heavy atom. The summed E-state index contributed by atoms with van der Waals surface area (Å²) in [5.41, 5.74) is 10.8. The SMILES string of the molecule is Cc1nc2c(c(-c3ccc(Cl)cc3Cl)c1CN)CN(CC1CCCO1)C2=O. The van der Waals surface area contributed by atoms with E-state index in [9.17, 15) is 4.79 Å². The van der Waals surface area contributed by atoms with Crippen molar-refractivity contribution in [3.05, 3.63) is 50.8 Å². The molecule has 27 heavy (non-hydrogen) atoms. The van der Waals surface area contributed by atoms with Crippen LogP contribution in [0.3, 0.4) is 0 Å². The van der Waals surface area contributed by atoms with Gasteiger partial charge in [0.15, 0.2) is 0 Å². The molecule has 1 unspecified atom stereocenters. The average Bonchev–Trinajstić information content (AvgIpc) is 3.24. The smallest absolute Gasteiger partial charge is 0.273 e.